The molecule has 2 aromatic carbocycles. The summed E-state index contributed by atoms with van der Waals surface area (Å²) in [7, 11) is -3.33. The Hall–Kier alpha value is -1.94. The third kappa shape index (κ3) is 4.31. The second-order valence-electron chi connectivity index (χ2n) is 4.65. The normalized spacial score (nSPS) is 11.9. The van der Waals surface area contributed by atoms with Crippen LogP contribution in [0.3, 0.4) is 0 Å². The van der Waals surface area contributed by atoms with Crippen LogP contribution >= 0.6 is 0 Å². The Kier molecular flexibility index (Phi) is 4.35. The number of sulfone groups is 1. The maximum atomic E-state index is 12.7. The molecule has 0 saturated carbocycles. The first-order valence-corrected chi connectivity index (χ1v) is 7.88. The predicted molar refractivity (Wildman–Crippen MR) is 79.2 cm³/mol. The van der Waals surface area contributed by atoms with Crippen LogP contribution in [0.2, 0.25) is 0 Å². The van der Waals surface area contributed by atoms with E-state index in [2.05, 4.69) is 0 Å². The highest BCUT2D eigenvalue weighted by Gasteiger charge is 2.07. The molecule has 0 aliphatic heterocycles. The number of aryl methyl sites for hydroxylation is 1. The van der Waals surface area contributed by atoms with Crippen LogP contribution < -0.4 is 0 Å². The third-order valence-electron chi connectivity index (χ3n) is 2.83. The van der Waals surface area contributed by atoms with Gasteiger partial charge in [-0.05, 0) is 36.3 Å². The Labute approximate surface area is 118 Å². The second-order valence-corrected chi connectivity index (χ2v) is 6.53. The quantitative estimate of drug-likeness (QED) is 0.860. The molecule has 0 aliphatic rings. The standard InChI is InChI=1S/C16H15FO2S/c1-13-2-4-15(5-3-13)12-20(18,19)11-10-14-6-8-16(17)9-7-14/h2-11H,12H2,1H3. The van der Waals surface area contributed by atoms with Gasteiger partial charge >= 0.3 is 0 Å². The topological polar surface area (TPSA) is 34.1 Å². The smallest absolute Gasteiger partial charge is 0.175 e. The molecular weight excluding hydrogens is 275 g/mol. The highest BCUT2D eigenvalue weighted by atomic mass is 32.2. The molecule has 4 heteroatoms. The summed E-state index contributed by atoms with van der Waals surface area (Å²) in [5.74, 6) is -0.380. The maximum absolute atomic E-state index is 12.7. The lowest BCUT2D eigenvalue weighted by molar-refractivity contribution is 0.604. The van der Waals surface area contributed by atoms with E-state index in [1.807, 2.05) is 19.1 Å². The van der Waals surface area contributed by atoms with Gasteiger partial charge in [-0.1, -0.05) is 42.0 Å². The Morgan fingerprint density at radius 3 is 2.20 bits per heavy atom. The van der Waals surface area contributed by atoms with Crippen LogP contribution in [0.15, 0.2) is 53.9 Å². The van der Waals surface area contributed by atoms with Crippen molar-refractivity contribution in [2.75, 3.05) is 0 Å². The predicted octanol–water partition coefficient (Wildman–Crippen LogP) is 3.72. The molecule has 0 aliphatic carbocycles. The summed E-state index contributed by atoms with van der Waals surface area (Å²) in [4.78, 5) is 0. The molecule has 0 radical (unpaired) electrons. The minimum absolute atomic E-state index is 0.0367. The molecule has 0 fully saturated rings. The molecule has 2 rings (SSSR count). The Morgan fingerprint density at radius 1 is 1.00 bits per heavy atom. The zero-order valence-electron chi connectivity index (χ0n) is 11.1. The first kappa shape index (κ1) is 14.5. The minimum Gasteiger partial charge on any atom is -0.224 e. The van der Waals surface area contributed by atoms with Crippen molar-refractivity contribution < 1.29 is 12.8 Å². The Morgan fingerprint density at radius 2 is 1.60 bits per heavy atom. The summed E-state index contributed by atoms with van der Waals surface area (Å²) in [6, 6.07) is 13.0. The first-order valence-electron chi connectivity index (χ1n) is 6.16. The van der Waals surface area contributed by atoms with Crippen molar-refractivity contribution in [2.45, 2.75) is 12.7 Å². The van der Waals surface area contributed by atoms with E-state index in [9.17, 15) is 12.8 Å². The molecule has 0 unspecified atom stereocenters. The van der Waals surface area contributed by atoms with Gasteiger partial charge in [0, 0.05) is 5.41 Å². The molecule has 0 spiro atoms. The lowest BCUT2D eigenvalue weighted by Gasteiger charge is -2.01. The molecule has 2 nitrogen and oxygen atoms in total. The van der Waals surface area contributed by atoms with Gasteiger partial charge in [-0.2, -0.15) is 0 Å². The number of benzene rings is 2. The fraction of sp³-hybridized carbons (Fsp3) is 0.125. The van der Waals surface area contributed by atoms with Crippen molar-refractivity contribution in [1.82, 2.24) is 0 Å². The Balaban J connectivity index is 2.11. The first-order chi connectivity index (χ1) is 9.44. The van der Waals surface area contributed by atoms with E-state index < -0.39 is 9.84 Å². The van der Waals surface area contributed by atoms with Crippen molar-refractivity contribution in [3.63, 3.8) is 0 Å². The summed E-state index contributed by atoms with van der Waals surface area (Å²) in [6.45, 7) is 1.95. The van der Waals surface area contributed by atoms with Crippen LogP contribution in [0, 0.1) is 12.7 Å². The summed E-state index contributed by atoms with van der Waals surface area (Å²) < 4.78 is 36.7. The molecular formula is C16H15FO2S. The third-order valence-corrected chi connectivity index (χ3v) is 4.11. The number of rotatable bonds is 4. The summed E-state index contributed by atoms with van der Waals surface area (Å²) in [6.07, 6.45) is 1.48. The summed E-state index contributed by atoms with van der Waals surface area (Å²) in [5.41, 5.74) is 2.49. The zero-order valence-corrected chi connectivity index (χ0v) is 11.9. The van der Waals surface area contributed by atoms with Gasteiger partial charge in [0.15, 0.2) is 9.84 Å². The van der Waals surface area contributed by atoms with Crippen molar-refractivity contribution in [1.29, 1.82) is 0 Å². The van der Waals surface area contributed by atoms with E-state index in [4.69, 9.17) is 0 Å². The molecule has 0 N–H and O–H groups in total. The van der Waals surface area contributed by atoms with E-state index in [1.54, 1.807) is 12.1 Å². The van der Waals surface area contributed by atoms with Crippen molar-refractivity contribution in [2.24, 2.45) is 0 Å². The van der Waals surface area contributed by atoms with Gasteiger partial charge in [0.2, 0.25) is 0 Å². The van der Waals surface area contributed by atoms with Gasteiger partial charge in [0.05, 0.1) is 5.75 Å². The minimum atomic E-state index is -3.33. The van der Waals surface area contributed by atoms with Crippen LogP contribution in [-0.4, -0.2) is 8.42 Å². The fourth-order valence-corrected chi connectivity index (χ4v) is 2.84. The highest BCUT2D eigenvalue weighted by molar-refractivity contribution is 7.93. The molecule has 0 atom stereocenters. The van der Waals surface area contributed by atoms with E-state index in [1.165, 1.54) is 35.7 Å². The molecule has 0 saturated heterocycles. The van der Waals surface area contributed by atoms with E-state index in [0.29, 0.717) is 5.56 Å². The lowest BCUT2D eigenvalue weighted by atomic mass is 10.2. The van der Waals surface area contributed by atoms with E-state index in [-0.39, 0.29) is 11.6 Å². The highest BCUT2D eigenvalue weighted by Crippen LogP contribution is 2.11. The van der Waals surface area contributed by atoms with Gasteiger partial charge in [0.25, 0.3) is 0 Å². The molecule has 0 bridgehead atoms. The van der Waals surface area contributed by atoms with Crippen molar-refractivity contribution in [3.8, 4) is 0 Å². The fourth-order valence-electron chi connectivity index (χ4n) is 1.72. The van der Waals surface area contributed by atoms with Crippen LogP contribution in [-0.2, 0) is 15.6 Å². The SMILES string of the molecule is Cc1ccc(CS(=O)(=O)C=Cc2ccc(F)cc2)cc1. The summed E-state index contributed by atoms with van der Waals surface area (Å²) in [5, 5.41) is 1.17. The lowest BCUT2D eigenvalue weighted by Crippen LogP contribution is -1.99. The van der Waals surface area contributed by atoms with Crippen LogP contribution in [0.5, 0.6) is 0 Å². The molecule has 104 valence electrons. The number of hydrogen-bond acceptors (Lipinski definition) is 2. The molecule has 0 aromatic heterocycles. The molecule has 0 heterocycles. The van der Waals surface area contributed by atoms with Gasteiger partial charge in [-0.3, -0.25) is 0 Å². The van der Waals surface area contributed by atoms with Crippen LogP contribution in [0.1, 0.15) is 16.7 Å². The summed E-state index contributed by atoms with van der Waals surface area (Å²) >= 11 is 0. The van der Waals surface area contributed by atoms with Gasteiger partial charge in [0.1, 0.15) is 5.82 Å². The van der Waals surface area contributed by atoms with Crippen LogP contribution in [0.4, 0.5) is 4.39 Å². The van der Waals surface area contributed by atoms with Crippen molar-refractivity contribution in [3.05, 3.63) is 76.4 Å². The average molecular weight is 290 g/mol. The number of halogens is 1. The largest absolute Gasteiger partial charge is 0.224 e. The molecule has 20 heavy (non-hydrogen) atoms. The monoisotopic (exact) mass is 290 g/mol. The van der Waals surface area contributed by atoms with E-state index in [0.717, 1.165) is 11.1 Å². The van der Waals surface area contributed by atoms with Crippen LogP contribution in [0.25, 0.3) is 6.08 Å². The van der Waals surface area contributed by atoms with Crippen molar-refractivity contribution >= 4 is 15.9 Å². The van der Waals surface area contributed by atoms with E-state index >= 15 is 0 Å². The zero-order chi connectivity index (χ0) is 14.6. The second kappa shape index (κ2) is 6.01. The maximum Gasteiger partial charge on any atom is 0.175 e. The molecule has 2 aromatic rings. The Bertz CT molecular complexity index is 699. The van der Waals surface area contributed by atoms with Gasteiger partial charge in [-0.15, -0.1) is 0 Å². The number of hydrogen-bond donors (Lipinski definition) is 0. The van der Waals surface area contributed by atoms with Gasteiger partial charge < -0.3 is 0 Å². The van der Waals surface area contributed by atoms with Gasteiger partial charge in [-0.25, -0.2) is 12.8 Å². The molecule has 0 amide bonds. The average Bonchev–Trinajstić information content (AvgIpc) is 2.41.